The minimum Gasteiger partial charge on any atom is -0.432 e. The third-order valence-electron chi connectivity index (χ3n) is 7.80. The van der Waals surface area contributed by atoms with Crippen molar-refractivity contribution in [3.8, 4) is 0 Å². The van der Waals surface area contributed by atoms with Crippen molar-refractivity contribution < 1.29 is 93.8 Å². The van der Waals surface area contributed by atoms with Crippen molar-refractivity contribution in [2.75, 3.05) is 70.4 Å². The molecular weight excluding hydrogens is 966 g/mol. The molecule has 0 radical (unpaired) electrons. The molecule has 384 valence electrons. The Morgan fingerprint density at radius 3 is 1.13 bits per heavy atom. The van der Waals surface area contributed by atoms with Crippen LogP contribution in [0, 0.1) is 0 Å². The summed E-state index contributed by atoms with van der Waals surface area (Å²) < 4.78 is 100. The van der Waals surface area contributed by atoms with Gasteiger partial charge in [0.25, 0.3) is 0 Å². The van der Waals surface area contributed by atoms with Gasteiger partial charge >= 0.3 is 39.8 Å². The number of hydrogen-bond donors (Lipinski definition) is 2. The number of ether oxygens (including phenoxy) is 10. The van der Waals surface area contributed by atoms with Gasteiger partial charge in [0, 0.05) is 13.1 Å². The molecule has 0 saturated heterocycles. The average molecular weight is 1020 g/mol. The maximum absolute atomic E-state index is 13.4. The molecule has 69 heavy (non-hydrogen) atoms. The van der Waals surface area contributed by atoms with Crippen LogP contribution in [-0.4, -0.2) is 148 Å². The van der Waals surface area contributed by atoms with Crippen molar-refractivity contribution in [3.05, 3.63) is 25.3 Å². The van der Waals surface area contributed by atoms with Gasteiger partial charge in [-0.3, -0.25) is 27.2 Å². The van der Waals surface area contributed by atoms with Crippen LogP contribution in [-0.2, 0) is 87.7 Å². The molecule has 0 aliphatic carbocycles. The molecule has 32 heteroatoms. The van der Waals surface area contributed by atoms with E-state index in [1.54, 1.807) is 64.5 Å². The molecule has 0 fully saturated rings. The van der Waals surface area contributed by atoms with Gasteiger partial charge < -0.3 is 67.1 Å². The molecule has 0 saturated carbocycles. The average Bonchev–Trinajstić information content (AvgIpc) is 3.88. The normalized spacial score (nSPS) is 11.9. The van der Waals surface area contributed by atoms with Crippen LogP contribution in [0.15, 0.2) is 25.3 Å². The number of carbonyl (C=O) groups excluding carboxylic acids is 4. The van der Waals surface area contributed by atoms with Crippen LogP contribution in [0.4, 0.5) is 30.8 Å². The first kappa shape index (κ1) is 55.6. The summed E-state index contributed by atoms with van der Waals surface area (Å²) in [6.45, 7) is 9.98. The van der Waals surface area contributed by atoms with Gasteiger partial charge in [0.15, 0.2) is 22.9 Å². The Morgan fingerprint density at radius 2 is 0.826 bits per heavy atom. The lowest BCUT2D eigenvalue weighted by molar-refractivity contribution is -0.0367. The van der Waals surface area contributed by atoms with Gasteiger partial charge in [0.05, 0.1) is 57.0 Å². The standard InChI is InChI=1S/C37H56N10O20P2/c1-24(2)64-34(48)56-18-60-68(52,61-19-57-35(49)65-25(3)4)22-54-11-9-46-16-44-28-30(40-14-42-32(28)46)38-13-39-31-29-33(43-15-41-31)47(17-45-29)10-12-55-23-69(53,62-20-58-36(50)66-26(5)6)63-21-59-37(51)67-27(7)8/h14-17,24-27H,9-13,18-23H2,1-8H3,(H,38,40,42)(H,39,41,43). The van der Waals surface area contributed by atoms with E-state index in [1.807, 2.05) is 0 Å². The highest BCUT2D eigenvalue weighted by atomic mass is 31.2. The Bertz CT molecular complexity index is 2140. The predicted molar refractivity (Wildman–Crippen MR) is 234 cm³/mol. The summed E-state index contributed by atoms with van der Waals surface area (Å²) in [6, 6.07) is 0. The largest absolute Gasteiger partial charge is 0.510 e. The first-order chi connectivity index (χ1) is 32.8. The van der Waals surface area contributed by atoms with Crippen LogP contribution in [0.25, 0.3) is 22.3 Å². The second kappa shape index (κ2) is 27.9. The molecule has 0 atom stereocenters. The summed E-state index contributed by atoms with van der Waals surface area (Å²) in [7, 11) is -8.33. The number of anilines is 2. The van der Waals surface area contributed by atoms with Gasteiger partial charge in [-0.05, 0) is 55.4 Å². The molecule has 0 aromatic carbocycles. The topological polar surface area (TPSA) is 343 Å². The van der Waals surface area contributed by atoms with E-state index < -0.39 is 104 Å². The fraction of sp³-hybridized carbons (Fsp3) is 0.622. The van der Waals surface area contributed by atoms with Crippen LogP contribution in [0.5, 0.6) is 0 Å². The van der Waals surface area contributed by atoms with Gasteiger partial charge in [-0.1, -0.05) is 0 Å². The van der Waals surface area contributed by atoms with Crippen molar-refractivity contribution in [2.45, 2.75) is 92.9 Å². The minimum atomic E-state index is -4.17. The minimum absolute atomic E-state index is 0.0456. The van der Waals surface area contributed by atoms with Crippen LogP contribution < -0.4 is 10.6 Å². The number of nitrogens with zero attached hydrogens (tertiary/aromatic N) is 8. The molecule has 0 aliphatic rings. The lowest BCUT2D eigenvalue weighted by Crippen LogP contribution is -2.17. The molecule has 0 aliphatic heterocycles. The Balaban J connectivity index is 1.29. The zero-order valence-electron chi connectivity index (χ0n) is 39.0. The number of imidazole rings is 2. The van der Waals surface area contributed by atoms with Crippen molar-refractivity contribution in [3.63, 3.8) is 0 Å². The van der Waals surface area contributed by atoms with E-state index in [1.165, 1.54) is 25.3 Å². The van der Waals surface area contributed by atoms with Crippen LogP contribution in [0.3, 0.4) is 0 Å². The van der Waals surface area contributed by atoms with Crippen LogP contribution in [0.1, 0.15) is 55.4 Å². The molecule has 4 aromatic rings. The second-order valence-corrected chi connectivity index (χ2v) is 18.7. The van der Waals surface area contributed by atoms with E-state index in [0.717, 1.165) is 0 Å². The summed E-state index contributed by atoms with van der Waals surface area (Å²) in [5, 5.41) is 6.27. The molecule has 2 N–H and O–H groups in total. The Labute approximate surface area is 394 Å². The summed E-state index contributed by atoms with van der Waals surface area (Å²) >= 11 is 0. The van der Waals surface area contributed by atoms with E-state index in [2.05, 4.69) is 40.5 Å². The van der Waals surface area contributed by atoms with Crippen molar-refractivity contribution in [2.24, 2.45) is 0 Å². The van der Waals surface area contributed by atoms with E-state index in [-0.39, 0.29) is 33.0 Å². The van der Waals surface area contributed by atoms with Crippen molar-refractivity contribution >= 4 is 73.8 Å². The first-order valence-corrected chi connectivity index (χ1v) is 24.4. The number of hydrogen-bond acceptors (Lipinski definition) is 28. The zero-order chi connectivity index (χ0) is 50.4. The Morgan fingerprint density at radius 1 is 0.507 bits per heavy atom. The van der Waals surface area contributed by atoms with Crippen molar-refractivity contribution in [1.29, 1.82) is 0 Å². The molecule has 0 unspecified atom stereocenters. The van der Waals surface area contributed by atoms with Crippen LogP contribution >= 0.6 is 15.2 Å². The number of carbonyl (C=O) groups is 4. The summed E-state index contributed by atoms with van der Waals surface area (Å²) in [5.74, 6) is 0.737. The summed E-state index contributed by atoms with van der Waals surface area (Å²) in [6.07, 6.45) is -1.74. The van der Waals surface area contributed by atoms with Gasteiger partial charge in [0.2, 0.25) is 27.2 Å². The van der Waals surface area contributed by atoms with E-state index in [9.17, 15) is 28.3 Å². The van der Waals surface area contributed by atoms with Crippen molar-refractivity contribution in [1.82, 2.24) is 39.0 Å². The highest BCUT2D eigenvalue weighted by Crippen LogP contribution is 2.49. The van der Waals surface area contributed by atoms with Gasteiger partial charge in [-0.2, -0.15) is 0 Å². The quantitative estimate of drug-likeness (QED) is 0.0201. The monoisotopic (exact) mass is 1020 g/mol. The molecule has 30 nitrogen and oxygen atoms in total. The molecule has 0 amide bonds. The predicted octanol–water partition coefficient (Wildman–Crippen LogP) is 5.92. The Kier molecular flexibility index (Phi) is 22.4. The lowest BCUT2D eigenvalue weighted by atomic mass is 10.4. The molecule has 4 rings (SSSR count). The van der Waals surface area contributed by atoms with Gasteiger partial charge in [-0.15, -0.1) is 0 Å². The number of aromatic nitrogens is 8. The SMILES string of the molecule is CC(C)OC(=O)OCOP(=O)(COCCn1cnc2c(NCNc3ncnc4c3ncn4CCOCP(=O)(OCOC(=O)OC(C)C)OCOC(=O)OC(C)C)ncnc21)OCOC(=O)OC(C)C. The highest BCUT2D eigenvalue weighted by Gasteiger charge is 2.29. The first-order valence-electron chi connectivity index (χ1n) is 20.9. The second-order valence-electron chi connectivity index (χ2n) is 14.7. The smallest absolute Gasteiger partial charge is 0.432 e. The molecule has 4 heterocycles. The summed E-state index contributed by atoms with van der Waals surface area (Å²) in [5.41, 5.74) is 1.68. The van der Waals surface area contributed by atoms with E-state index >= 15 is 0 Å². The molecular formula is C37H56N10O20P2. The van der Waals surface area contributed by atoms with Crippen LogP contribution in [0.2, 0.25) is 0 Å². The lowest BCUT2D eigenvalue weighted by Gasteiger charge is -2.19. The van der Waals surface area contributed by atoms with E-state index in [4.69, 9.17) is 65.5 Å². The van der Waals surface area contributed by atoms with Gasteiger partial charge in [0.1, 0.15) is 36.4 Å². The Hall–Kier alpha value is -6.00. The molecule has 0 spiro atoms. The third-order valence-corrected chi connectivity index (χ3v) is 10.8. The van der Waals surface area contributed by atoms with E-state index in [0.29, 0.717) is 34.0 Å². The third kappa shape index (κ3) is 19.9. The highest BCUT2D eigenvalue weighted by molar-refractivity contribution is 7.53. The fourth-order valence-electron chi connectivity index (χ4n) is 4.99. The van der Waals surface area contributed by atoms with Gasteiger partial charge in [-0.25, -0.2) is 49.1 Å². The molecule has 4 aromatic heterocycles. The number of rotatable bonds is 30. The number of nitrogens with one attached hydrogen (secondary N) is 2. The summed E-state index contributed by atoms with van der Waals surface area (Å²) in [4.78, 5) is 73.1. The number of fused-ring (bicyclic) bond motifs is 2. The maximum Gasteiger partial charge on any atom is 0.510 e. The molecule has 0 bridgehead atoms. The zero-order valence-corrected chi connectivity index (χ0v) is 40.8. The maximum atomic E-state index is 13.4. The fourth-order valence-corrected chi connectivity index (χ4v) is 6.99.